The monoisotopic (exact) mass is 412 g/mol. The van der Waals surface area contributed by atoms with Crippen molar-refractivity contribution in [3.63, 3.8) is 0 Å². The van der Waals surface area contributed by atoms with Crippen molar-refractivity contribution in [1.82, 2.24) is 5.32 Å². The number of hydrogen-bond donors (Lipinski definition) is 2. The summed E-state index contributed by atoms with van der Waals surface area (Å²) in [6.45, 7) is 9.10. The number of carbonyl (C=O) groups is 3. The van der Waals surface area contributed by atoms with E-state index in [1.807, 2.05) is 31.2 Å². The second-order valence-electron chi connectivity index (χ2n) is 7.96. The van der Waals surface area contributed by atoms with Gasteiger partial charge in [0.2, 0.25) is 0 Å². The minimum absolute atomic E-state index is 0.210. The van der Waals surface area contributed by atoms with Crippen molar-refractivity contribution in [3.8, 4) is 0 Å². The van der Waals surface area contributed by atoms with Crippen molar-refractivity contribution in [2.75, 3.05) is 5.32 Å². The Labute approximate surface area is 176 Å². The van der Waals surface area contributed by atoms with E-state index in [4.69, 9.17) is 9.47 Å². The van der Waals surface area contributed by atoms with Crippen molar-refractivity contribution >= 4 is 23.7 Å². The third-order valence-electron chi connectivity index (χ3n) is 3.98. The highest BCUT2D eigenvalue weighted by Crippen LogP contribution is 2.15. The molecule has 0 aliphatic rings. The molecule has 30 heavy (non-hydrogen) atoms. The summed E-state index contributed by atoms with van der Waals surface area (Å²) in [6.07, 6.45) is -1.60. The molecule has 0 saturated carbocycles. The molecular formula is C23H28N2O5. The van der Waals surface area contributed by atoms with Gasteiger partial charge in [-0.3, -0.25) is 10.1 Å². The van der Waals surface area contributed by atoms with Crippen molar-refractivity contribution < 1.29 is 23.9 Å². The van der Waals surface area contributed by atoms with E-state index in [2.05, 4.69) is 10.6 Å². The molecular weight excluding hydrogens is 384 g/mol. The summed E-state index contributed by atoms with van der Waals surface area (Å²) in [7, 11) is 0. The van der Waals surface area contributed by atoms with Crippen LogP contribution in [0, 0.1) is 6.92 Å². The van der Waals surface area contributed by atoms with Crippen molar-refractivity contribution in [2.45, 2.75) is 52.9 Å². The molecule has 2 aromatic rings. The first-order valence-corrected chi connectivity index (χ1v) is 9.68. The average molecular weight is 412 g/mol. The summed E-state index contributed by atoms with van der Waals surface area (Å²) in [6, 6.07) is 14.0. The number of aryl methyl sites for hydroxylation is 1. The fraction of sp³-hybridized carbons (Fsp3) is 0.348. The van der Waals surface area contributed by atoms with Crippen LogP contribution in [0.3, 0.4) is 0 Å². The summed E-state index contributed by atoms with van der Waals surface area (Å²) in [5.74, 6) is -1.06. The van der Waals surface area contributed by atoms with Crippen molar-refractivity contribution in [3.05, 3.63) is 65.2 Å². The fourth-order valence-corrected chi connectivity index (χ4v) is 2.47. The minimum Gasteiger partial charge on any atom is -0.449 e. The zero-order chi connectivity index (χ0) is 22.3. The number of amides is 2. The molecule has 2 rings (SSSR count). The van der Waals surface area contributed by atoms with Crippen LogP contribution in [0.25, 0.3) is 0 Å². The van der Waals surface area contributed by atoms with E-state index in [-0.39, 0.29) is 5.56 Å². The van der Waals surface area contributed by atoms with E-state index in [1.165, 1.54) is 13.0 Å². The molecule has 2 N–H and O–H groups in total. The fourth-order valence-electron chi connectivity index (χ4n) is 2.47. The van der Waals surface area contributed by atoms with Crippen LogP contribution < -0.4 is 10.6 Å². The smallest absolute Gasteiger partial charge is 0.412 e. The zero-order valence-electron chi connectivity index (χ0n) is 17.9. The molecule has 160 valence electrons. The van der Waals surface area contributed by atoms with Gasteiger partial charge in [0.15, 0.2) is 6.10 Å². The quantitative estimate of drug-likeness (QED) is 0.694. The molecule has 0 aliphatic carbocycles. The van der Waals surface area contributed by atoms with Gasteiger partial charge in [0, 0.05) is 12.2 Å². The van der Waals surface area contributed by atoms with Gasteiger partial charge < -0.3 is 14.8 Å². The first-order valence-electron chi connectivity index (χ1n) is 9.68. The average Bonchev–Trinajstić information content (AvgIpc) is 2.65. The predicted molar refractivity (Wildman–Crippen MR) is 114 cm³/mol. The van der Waals surface area contributed by atoms with Crippen LogP contribution in [0.1, 0.15) is 49.2 Å². The van der Waals surface area contributed by atoms with Gasteiger partial charge in [0.1, 0.15) is 5.60 Å². The van der Waals surface area contributed by atoms with E-state index >= 15 is 0 Å². The highest BCUT2D eigenvalue weighted by Gasteiger charge is 2.20. The molecule has 0 saturated heterocycles. The first kappa shape index (κ1) is 22.9. The third kappa shape index (κ3) is 7.58. The Hall–Kier alpha value is -3.35. The van der Waals surface area contributed by atoms with E-state index < -0.39 is 29.7 Å². The highest BCUT2D eigenvalue weighted by molar-refractivity contribution is 5.94. The molecule has 2 amide bonds. The maximum Gasteiger partial charge on any atom is 0.412 e. The topological polar surface area (TPSA) is 93.7 Å². The molecule has 0 heterocycles. The van der Waals surface area contributed by atoms with Gasteiger partial charge in [0.05, 0.1) is 5.56 Å². The maximum atomic E-state index is 12.4. The van der Waals surface area contributed by atoms with Crippen LogP contribution in [0.2, 0.25) is 0 Å². The molecule has 0 unspecified atom stereocenters. The minimum atomic E-state index is -0.967. The third-order valence-corrected chi connectivity index (χ3v) is 3.98. The van der Waals surface area contributed by atoms with E-state index in [0.717, 1.165) is 11.1 Å². The Morgan fingerprint density at radius 1 is 1.03 bits per heavy atom. The number of esters is 1. The zero-order valence-corrected chi connectivity index (χ0v) is 17.9. The lowest BCUT2D eigenvalue weighted by molar-refractivity contribution is -0.129. The van der Waals surface area contributed by atoms with Crippen molar-refractivity contribution in [2.24, 2.45) is 0 Å². The van der Waals surface area contributed by atoms with Crippen LogP contribution in [-0.2, 0) is 20.8 Å². The largest absolute Gasteiger partial charge is 0.449 e. The molecule has 1 atom stereocenters. The first-order chi connectivity index (χ1) is 14.0. The second kappa shape index (κ2) is 9.91. The van der Waals surface area contributed by atoms with E-state index in [9.17, 15) is 14.4 Å². The maximum absolute atomic E-state index is 12.4. The molecule has 0 spiro atoms. The van der Waals surface area contributed by atoms with Gasteiger partial charge in [-0.1, -0.05) is 35.9 Å². The van der Waals surface area contributed by atoms with Crippen LogP contribution in [-0.4, -0.2) is 29.7 Å². The highest BCUT2D eigenvalue weighted by atomic mass is 16.6. The van der Waals surface area contributed by atoms with E-state index in [1.54, 1.807) is 39.0 Å². The second-order valence-corrected chi connectivity index (χ2v) is 7.96. The number of benzene rings is 2. The predicted octanol–water partition coefficient (Wildman–Crippen LogP) is 4.20. The van der Waals surface area contributed by atoms with Gasteiger partial charge in [-0.05, 0) is 58.4 Å². The number of rotatable bonds is 6. The molecule has 0 aromatic heterocycles. The molecule has 0 bridgehead atoms. The number of ether oxygens (including phenoxy) is 2. The molecule has 0 radical (unpaired) electrons. The lowest BCUT2D eigenvalue weighted by Gasteiger charge is -2.19. The van der Waals surface area contributed by atoms with Gasteiger partial charge >= 0.3 is 12.1 Å². The van der Waals surface area contributed by atoms with Crippen LogP contribution in [0.4, 0.5) is 10.5 Å². The number of nitrogens with one attached hydrogen (secondary N) is 2. The summed E-state index contributed by atoms with van der Waals surface area (Å²) in [4.78, 5) is 36.5. The Balaban J connectivity index is 1.90. The van der Waals surface area contributed by atoms with Gasteiger partial charge in [-0.2, -0.15) is 0 Å². The van der Waals surface area contributed by atoms with Crippen LogP contribution >= 0.6 is 0 Å². The standard InChI is InChI=1S/C23H28N2O5/c1-15-9-11-17(12-10-15)14-24-20(26)16(2)29-21(27)18-7-6-8-19(13-18)25-22(28)30-23(3,4)5/h6-13,16H,14H2,1-5H3,(H,24,26)(H,25,28)/t16-/m0/s1. The van der Waals surface area contributed by atoms with Gasteiger partial charge in [-0.25, -0.2) is 9.59 Å². The molecule has 0 fully saturated rings. The van der Waals surface area contributed by atoms with Crippen LogP contribution in [0.5, 0.6) is 0 Å². The number of carbonyl (C=O) groups excluding carboxylic acids is 3. The van der Waals surface area contributed by atoms with Crippen LogP contribution in [0.15, 0.2) is 48.5 Å². The molecule has 2 aromatic carbocycles. The summed E-state index contributed by atoms with van der Waals surface area (Å²) >= 11 is 0. The van der Waals surface area contributed by atoms with Crippen molar-refractivity contribution in [1.29, 1.82) is 0 Å². The Morgan fingerprint density at radius 3 is 2.33 bits per heavy atom. The number of anilines is 1. The van der Waals surface area contributed by atoms with E-state index in [0.29, 0.717) is 12.2 Å². The lowest BCUT2D eigenvalue weighted by Crippen LogP contribution is -2.35. The van der Waals surface area contributed by atoms with Gasteiger partial charge in [0.25, 0.3) is 5.91 Å². The molecule has 0 aliphatic heterocycles. The summed E-state index contributed by atoms with van der Waals surface area (Å²) < 4.78 is 10.4. The number of hydrogen-bond acceptors (Lipinski definition) is 5. The summed E-state index contributed by atoms with van der Waals surface area (Å²) in [5.41, 5.74) is 2.04. The Kier molecular flexibility index (Phi) is 7.58. The SMILES string of the molecule is Cc1ccc(CNC(=O)[C@H](C)OC(=O)c2cccc(NC(=O)OC(C)(C)C)c2)cc1. The Morgan fingerprint density at radius 2 is 1.70 bits per heavy atom. The Bertz CT molecular complexity index is 901. The molecule has 7 nitrogen and oxygen atoms in total. The molecule has 7 heteroatoms. The summed E-state index contributed by atoms with van der Waals surface area (Å²) in [5, 5.41) is 5.31. The normalized spacial score (nSPS) is 11.9. The van der Waals surface area contributed by atoms with Gasteiger partial charge in [-0.15, -0.1) is 0 Å². The lowest BCUT2D eigenvalue weighted by atomic mass is 10.1.